The van der Waals surface area contributed by atoms with Crippen LogP contribution in [0.1, 0.15) is 25.8 Å². The first-order valence-electron chi connectivity index (χ1n) is 7.04. The van der Waals surface area contributed by atoms with E-state index in [-0.39, 0.29) is 24.7 Å². The number of carboxylic acids is 1. The minimum atomic E-state index is -3.38. The molecule has 2 unspecified atom stereocenters. The van der Waals surface area contributed by atoms with E-state index >= 15 is 0 Å². The van der Waals surface area contributed by atoms with Gasteiger partial charge in [0, 0.05) is 12.3 Å². The van der Waals surface area contributed by atoms with Crippen molar-refractivity contribution >= 4 is 13.3 Å². The highest BCUT2D eigenvalue weighted by molar-refractivity contribution is 7.57. The monoisotopic (exact) mass is 313 g/mol. The van der Waals surface area contributed by atoms with Crippen LogP contribution in [-0.4, -0.2) is 33.8 Å². The second-order valence-corrected chi connectivity index (χ2v) is 8.37. The number of hydrogen-bond acceptors (Lipinski definition) is 3. The number of benzene rings is 1. The Morgan fingerprint density at radius 1 is 1.29 bits per heavy atom. The first-order chi connectivity index (χ1) is 9.67. The highest BCUT2D eigenvalue weighted by atomic mass is 31.2. The van der Waals surface area contributed by atoms with E-state index in [0.717, 1.165) is 5.56 Å². The molecule has 0 spiro atoms. The largest absolute Gasteiger partial charge is 0.480 e. The van der Waals surface area contributed by atoms with Gasteiger partial charge in [-0.1, -0.05) is 44.2 Å². The number of aryl methyl sites for hydroxylation is 1. The third kappa shape index (κ3) is 5.27. The van der Waals surface area contributed by atoms with Crippen LogP contribution in [0, 0.1) is 5.92 Å². The minimum absolute atomic E-state index is 0.00255. The van der Waals surface area contributed by atoms with Crippen LogP contribution < -0.4 is 5.73 Å². The third-order valence-electron chi connectivity index (χ3n) is 3.90. The van der Waals surface area contributed by atoms with Crippen molar-refractivity contribution < 1.29 is 19.4 Å². The summed E-state index contributed by atoms with van der Waals surface area (Å²) >= 11 is 0. The predicted molar refractivity (Wildman–Crippen MR) is 83.7 cm³/mol. The maximum atomic E-state index is 12.2. The van der Waals surface area contributed by atoms with E-state index in [1.165, 1.54) is 0 Å². The van der Waals surface area contributed by atoms with Crippen LogP contribution in [0.4, 0.5) is 0 Å². The lowest BCUT2D eigenvalue weighted by Gasteiger charge is -2.29. The van der Waals surface area contributed by atoms with Crippen LogP contribution >= 0.6 is 7.37 Å². The first-order valence-corrected chi connectivity index (χ1v) is 9.07. The van der Waals surface area contributed by atoms with E-state index < -0.39 is 18.9 Å². The Labute approximate surface area is 125 Å². The second kappa shape index (κ2) is 7.21. The van der Waals surface area contributed by atoms with Crippen LogP contribution in [0.5, 0.6) is 0 Å². The Morgan fingerprint density at radius 3 is 2.33 bits per heavy atom. The lowest BCUT2D eigenvalue weighted by molar-refractivity contribution is -0.145. The zero-order chi connectivity index (χ0) is 16.1. The molecule has 0 fully saturated rings. The number of aliphatic carboxylic acids is 1. The number of rotatable bonds is 8. The molecule has 0 saturated heterocycles. The Balaban J connectivity index is 2.60. The van der Waals surface area contributed by atoms with Gasteiger partial charge < -0.3 is 15.7 Å². The van der Waals surface area contributed by atoms with Gasteiger partial charge in [-0.25, -0.2) is 0 Å². The molecule has 0 heterocycles. The maximum Gasteiger partial charge on any atom is 0.323 e. The molecule has 0 radical (unpaired) electrons. The van der Waals surface area contributed by atoms with Crippen LogP contribution in [0.3, 0.4) is 0 Å². The Morgan fingerprint density at radius 2 is 1.86 bits per heavy atom. The third-order valence-corrected chi connectivity index (χ3v) is 5.74. The lowest BCUT2D eigenvalue weighted by Crippen LogP contribution is -2.53. The van der Waals surface area contributed by atoms with Crippen molar-refractivity contribution in [2.24, 2.45) is 11.7 Å². The van der Waals surface area contributed by atoms with Gasteiger partial charge in [-0.05, 0) is 24.3 Å². The molecule has 1 aromatic carbocycles. The molecule has 0 amide bonds. The molecule has 118 valence electrons. The molecular weight excluding hydrogens is 289 g/mol. The molecule has 6 heteroatoms. The molecule has 0 aliphatic rings. The summed E-state index contributed by atoms with van der Waals surface area (Å²) in [6.45, 7) is 3.42. The zero-order valence-electron chi connectivity index (χ0n) is 12.5. The van der Waals surface area contributed by atoms with E-state index in [1.54, 1.807) is 13.8 Å². The minimum Gasteiger partial charge on any atom is -0.480 e. The normalized spacial score (nSPS) is 17.2. The van der Waals surface area contributed by atoms with E-state index in [0.29, 0.717) is 6.42 Å². The van der Waals surface area contributed by atoms with Crippen LogP contribution in [0.15, 0.2) is 30.3 Å². The van der Waals surface area contributed by atoms with E-state index in [2.05, 4.69) is 0 Å². The highest BCUT2D eigenvalue weighted by Crippen LogP contribution is 2.43. The Kier molecular flexibility index (Phi) is 6.14. The van der Waals surface area contributed by atoms with Crippen molar-refractivity contribution in [3.8, 4) is 0 Å². The fraction of sp³-hybridized carbons (Fsp3) is 0.533. The molecule has 0 aliphatic carbocycles. The van der Waals surface area contributed by atoms with Gasteiger partial charge in [0.15, 0.2) is 0 Å². The maximum absolute atomic E-state index is 12.2. The smallest absolute Gasteiger partial charge is 0.323 e. The van der Waals surface area contributed by atoms with E-state index in [1.807, 2.05) is 30.3 Å². The molecule has 0 aliphatic heterocycles. The SMILES string of the molecule is CC(C)C(N)(CCP(=O)(O)CCc1ccccc1)C(=O)O. The van der Waals surface area contributed by atoms with Crippen LogP contribution in [-0.2, 0) is 15.8 Å². The van der Waals surface area contributed by atoms with Crippen molar-refractivity contribution in [1.82, 2.24) is 0 Å². The summed E-state index contributed by atoms with van der Waals surface area (Å²) < 4.78 is 12.2. The zero-order valence-corrected chi connectivity index (χ0v) is 13.4. The lowest BCUT2D eigenvalue weighted by atomic mass is 9.85. The summed E-state index contributed by atoms with van der Waals surface area (Å²) in [5.41, 5.74) is 5.41. The quantitative estimate of drug-likeness (QED) is 0.639. The van der Waals surface area contributed by atoms with E-state index in [9.17, 15) is 19.4 Å². The van der Waals surface area contributed by atoms with Crippen molar-refractivity contribution in [1.29, 1.82) is 0 Å². The number of carboxylic acid groups (broad SMARTS) is 1. The van der Waals surface area contributed by atoms with E-state index in [4.69, 9.17) is 5.73 Å². The summed E-state index contributed by atoms with van der Waals surface area (Å²) in [7, 11) is -3.38. The summed E-state index contributed by atoms with van der Waals surface area (Å²) in [5.74, 6) is -1.43. The molecular formula is C15H24NO4P. The van der Waals surface area contributed by atoms with Gasteiger partial charge in [0.1, 0.15) is 5.54 Å². The average molecular weight is 313 g/mol. The molecule has 1 rings (SSSR count). The molecule has 5 nitrogen and oxygen atoms in total. The number of carbonyl (C=O) groups is 1. The van der Waals surface area contributed by atoms with Gasteiger partial charge in [-0.15, -0.1) is 0 Å². The van der Waals surface area contributed by atoms with Crippen LogP contribution in [0.25, 0.3) is 0 Å². The van der Waals surface area contributed by atoms with Gasteiger partial charge in [-0.2, -0.15) is 0 Å². The number of nitrogens with two attached hydrogens (primary N) is 1. The molecule has 0 aromatic heterocycles. The number of hydrogen-bond donors (Lipinski definition) is 3. The molecule has 21 heavy (non-hydrogen) atoms. The molecule has 0 saturated carbocycles. The summed E-state index contributed by atoms with van der Waals surface area (Å²) in [4.78, 5) is 21.3. The van der Waals surface area contributed by atoms with Gasteiger partial charge >= 0.3 is 5.97 Å². The summed E-state index contributed by atoms with van der Waals surface area (Å²) in [5, 5.41) is 9.21. The van der Waals surface area contributed by atoms with Crippen LogP contribution in [0.2, 0.25) is 0 Å². The molecule has 1 aromatic rings. The van der Waals surface area contributed by atoms with Crippen molar-refractivity contribution in [3.05, 3.63) is 35.9 Å². The fourth-order valence-corrected chi connectivity index (χ4v) is 3.61. The van der Waals surface area contributed by atoms with Crippen molar-refractivity contribution in [2.45, 2.75) is 32.2 Å². The fourth-order valence-electron chi connectivity index (χ4n) is 2.06. The Hall–Kier alpha value is -1.16. The van der Waals surface area contributed by atoms with Gasteiger partial charge in [0.05, 0.1) is 0 Å². The predicted octanol–water partition coefficient (Wildman–Crippen LogP) is 2.33. The van der Waals surface area contributed by atoms with Gasteiger partial charge in [0.25, 0.3) is 0 Å². The topological polar surface area (TPSA) is 101 Å². The first kappa shape index (κ1) is 17.9. The standard InChI is InChI=1S/C15H24NO4P/c1-12(2)15(16,14(17)18)9-11-21(19,20)10-8-13-6-4-3-5-7-13/h3-7,12H,8-11,16H2,1-2H3,(H,17,18)(H,19,20). The molecule has 4 N–H and O–H groups in total. The summed E-state index contributed by atoms with van der Waals surface area (Å²) in [6.07, 6.45) is 0.578. The van der Waals surface area contributed by atoms with Gasteiger partial charge in [-0.3, -0.25) is 9.36 Å². The highest BCUT2D eigenvalue weighted by Gasteiger charge is 2.39. The van der Waals surface area contributed by atoms with Crippen molar-refractivity contribution in [2.75, 3.05) is 12.3 Å². The molecule has 2 atom stereocenters. The van der Waals surface area contributed by atoms with Crippen molar-refractivity contribution in [3.63, 3.8) is 0 Å². The molecule has 0 bridgehead atoms. The average Bonchev–Trinajstić information content (AvgIpc) is 2.43. The second-order valence-electron chi connectivity index (χ2n) is 5.78. The van der Waals surface area contributed by atoms with Gasteiger partial charge in [0.2, 0.25) is 7.37 Å². The Bertz CT molecular complexity index is 518. The summed E-state index contributed by atoms with van der Waals surface area (Å²) in [6, 6.07) is 9.45.